The van der Waals surface area contributed by atoms with E-state index in [0.29, 0.717) is 24.8 Å². The molecule has 380 valence electrons. The van der Waals surface area contributed by atoms with Crippen molar-refractivity contribution in [3.8, 4) is 46.3 Å². The average Bonchev–Trinajstić information content (AvgIpc) is 3.35. The van der Waals surface area contributed by atoms with Crippen molar-refractivity contribution in [3.05, 3.63) is 195 Å². The van der Waals surface area contributed by atoms with E-state index in [1.54, 1.807) is 0 Å². The highest BCUT2D eigenvalue weighted by molar-refractivity contribution is 7.91. The van der Waals surface area contributed by atoms with Crippen LogP contribution in [0.4, 0.5) is 61.5 Å². The van der Waals surface area contributed by atoms with E-state index in [1.165, 1.54) is 73.8 Å². The molecular weight excluding hydrogens is 1020 g/mol. The van der Waals surface area contributed by atoms with Gasteiger partial charge in [-0.1, -0.05) is 54.6 Å². The molecule has 0 heterocycles. The van der Waals surface area contributed by atoms with Gasteiger partial charge in [-0.05, 0) is 104 Å². The molecule has 7 aromatic rings. The van der Waals surface area contributed by atoms with Crippen molar-refractivity contribution >= 4 is 9.84 Å². The van der Waals surface area contributed by atoms with E-state index in [1.807, 2.05) is 6.07 Å². The van der Waals surface area contributed by atoms with E-state index in [4.69, 9.17) is 18.9 Å². The van der Waals surface area contributed by atoms with Gasteiger partial charge in [-0.15, -0.1) is 0 Å². The zero-order valence-corrected chi connectivity index (χ0v) is 38.4. The van der Waals surface area contributed by atoms with Gasteiger partial charge in [0.25, 0.3) is 0 Å². The minimum Gasteiger partial charge on any atom is -0.497 e. The van der Waals surface area contributed by atoms with Gasteiger partial charge in [0.05, 0.1) is 7.11 Å². The Labute approximate surface area is 405 Å². The molecule has 0 saturated carbocycles. The van der Waals surface area contributed by atoms with Gasteiger partial charge in [-0.25, -0.2) is 34.8 Å². The van der Waals surface area contributed by atoms with Crippen molar-refractivity contribution in [3.63, 3.8) is 0 Å². The zero-order valence-electron chi connectivity index (χ0n) is 37.6. The number of ether oxygens (including phenoxy) is 4. The maximum Gasteiger partial charge on any atom is 0.402 e. The molecule has 2 unspecified atom stereocenters. The van der Waals surface area contributed by atoms with Crippen molar-refractivity contribution in [2.24, 2.45) is 0 Å². The van der Waals surface area contributed by atoms with E-state index >= 15 is 30.7 Å². The Hall–Kier alpha value is -7.80. The third-order valence-corrected chi connectivity index (χ3v) is 13.8. The summed E-state index contributed by atoms with van der Waals surface area (Å²) < 4.78 is 255. The van der Waals surface area contributed by atoms with Gasteiger partial charge in [0.2, 0.25) is 27.2 Å². The molecule has 7 nitrogen and oxygen atoms in total. The molecule has 0 radical (unpaired) electrons. The van der Waals surface area contributed by atoms with Crippen LogP contribution in [0, 0.1) is 64.8 Å². The summed E-state index contributed by atoms with van der Waals surface area (Å²) in [6, 6.07) is 23.6. The first-order chi connectivity index (χ1) is 34.1. The highest BCUT2D eigenvalue weighted by Crippen LogP contribution is 2.49. The lowest BCUT2D eigenvalue weighted by Gasteiger charge is -2.33. The van der Waals surface area contributed by atoms with Crippen molar-refractivity contribution in [2.45, 2.75) is 53.7 Å². The van der Waals surface area contributed by atoms with Gasteiger partial charge in [0, 0.05) is 5.56 Å². The van der Waals surface area contributed by atoms with Gasteiger partial charge in [0.15, 0.2) is 34.9 Å². The van der Waals surface area contributed by atoms with Crippen molar-refractivity contribution < 1.29 is 88.8 Å². The Morgan fingerprint density at radius 1 is 0.452 bits per heavy atom. The number of hydrogen-bond donors (Lipinski definition) is 0. The molecule has 0 saturated heterocycles. The predicted octanol–water partition coefficient (Wildman–Crippen LogP) is 14.9. The van der Waals surface area contributed by atoms with Crippen LogP contribution in [0.15, 0.2) is 125 Å². The summed E-state index contributed by atoms with van der Waals surface area (Å²) in [5.74, 6) is -23.6. The summed E-state index contributed by atoms with van der Waals surface area (Å²) in [6.45, 7) is 2.26. The molecule has 0 aromatic heterocycles. The van der Waals surface area contributed by atoms with Gasteiger partial charge in [-0.3, -0.25) is 0 Å². The maximum absolute atomic E-state index is 15.2. The molecule has 0 spiro atoms. The summed E-state index contributed by atoms with van der Waals surface area (Å²) in [4.78, 5) is -5.30. The molecule has 7 rings (SSSR count). The minimum atomic E-state index is -6.45. The quantitative estimate of drug-likeness (QED) is 0.0838. The van der Waals surface area contributed by atoms with Crippen LogP contribution in [0.5, 0.6) is 40.2 Å². The van der Waals surface area contributed by atoms with Gasteiger partial charge in [0.1, 0.15) is 66.8 Å². The zero-order chi connectivity index (χ0) is 53.7. The SMILES string of the molecule is COc1ccc(C(C)(c2ccc(Oc3cccc(Oc4ccc(C(C)(c5ccc(Oc6c(F)c(F)c(S(=O)(=O)c7c(F)c(F)c(C)c(F)c7F)c(F)c6F)cc5)C(F)(F)F)cc4)c3C#N)cc2)C(F)(F)F)cc1. The molecule has 0 fully saturated rings. The summed E-state index contributed by atoms with van der Waals surface area (Å²) in [7, 11) is -5.07. The molecule has 0 amide bonds. The fourth-order valence-electron chi connectivity index (χ4n) is 7.62. The Bertz CT molecular complexity index is 3360. The van der Waals surface area contributed by atoms with Crippen LogP contribution in [0.2, 0.25) is 0 Å². The molecular formula is C51H31F14NO6S. The lowest BCUT2D eigenvalue weighted by atomic mass is 9.75. The van der Waals surface area contributed by atoms with Gasteiger partial charge in [-0.2, -0.15) is 40.4 Å². The molecule has 2 atom stereocenters. The van der Waals surface area contributed by atoms with E-state index in [-0.39, 0.29) is 39.7 Å². The number of nitriles is 1. The second-order valence-corrected chi connectivity index (χ2v) is 18.0. The first-order valence-electron chi connectivity index (χ1n) is 20.7. The van der Waals surface area contributed by atoms with Crippen LogP contribution in [-0.4, -0.2) is 27.9 Å². The smallest absolute Gasteiger partial charge is 0.402 e. The molecule has 0 aliphatic heterocycles. The third kappa shape index (κ3) is 9.21. The molecule has 7 aromatic carbocycles. The molecule has 0 bridgehead atoms. The van der Waals surface area contributed by atoms with E-state index in [2.05, 4.69) is 0 Å². The van der Waals surface area contributed by atoms with Gasteiger partial charge >= 0.3 is 12.4 Å². The number of nitrogens with zero attached hydrogens (tertiary/aromatic N) is 1. The molecule has 22 heteroatoms. The summed E-state index contributed by atoms with van der Waals surface area (Å²) >= 11 is 0. The number of rotatable bonds is 13. The predicted molar refractivity (Wildman–Crippen MR) is 231 cm³/mol. The molecule has 0 aliphatic rings. The monoisotopic (exact) mass is 1050 g/mol. The fraction of sp³-hybridized carbons (Fsp3) is 0.157. The Morgan fingerprint density at radius 3 is 1.05 bits per heavy atom. The lowest BCUT2D eigenvalue weighted by Crippen LogP contribution is -2.40. The van der Waals surface area contributed by atoms with Crippen molar-refractivity contribution in [2.75, 3.05) is 7.11 Å². The average molecular weight is 1050 g/mol. The number of sulfone groups is 1. The topological polar surface area (TPSA) is 94.8 Å². The molecule has 0 aliphatic carbocycles. The first-order valence-corrected chi connectivity index (χ1v) is 22.2. The Morgan fingerprint density at radius 2 is 0.753 bits per heavy atom. The van der Waals surface area contributed by atoms with Crippen LogP contribution >= 0.6 is 0 Å². The summed E-state index contributed by atoms with van der Waals surface area (Å²) in [5, 5.41) is 10.1. The third-order valence-electron chi connectivity index (χ3n) is 12.0. The van der Waals surface area contributed by atoms with Crippen LogP contribution < -0.4 is 18.9 Å². The number of alkyl halides is 6. The van der Waals surface area contributed by atoms with Crippen LogP contribution in [-0.2, 0) is 20.7 Å². The largest absolute Gasteiger partial charge is 0.497 e. The lowest BCUT2D eigenvalue weighted by molar-refractivity contribution is -0.173. The van der Waals surface area contributed by atoms with Crippen LogP contribution in [0.1, 0.15) is 47.2 Å². The van der Waals surface area contributed by atoms with E-state index in [9.17, 15) is 44.4 Å². The van der Waals surface area contributed by atoms with Crippen LogP contribution in [0.25, 0.3) is 0 Å². The normalized spacial score (nSPS) is 13.7. The van der Waals surface area contributed by atoms with Crippen molar-refractivity contribution in [1.82, 2.24) is 0 Å². The minimum absolute atomic E-state index is 0.0343. The van der Waals surface area contributed by atoms with Crippen molar-refractivity contribution in [1.29, 1.82) is 5.26 Å². The fourth-order valence-corrected chi connectivity index (χ4v) is 9.13. The number of halogens is 14. The summed E-state index contributed by atoms with van der Waals surface area (Å²) in [5.41, 5.74) is -8.07. The highest BCUT2D eigenvalue weighted by atomic mass is 32.2. The second-order valence-electron chi connectivity index (χ2n) is 16.2. The number of methoxy groups -OCH3 is 1. The first kappa shape index (κ1) is 53.0. The van der Waals surface area contributed by atoms with E-state index < -0.39 is 118 Å². The second kappa shape index (κ2) is 19.3. The molecule has 0 N–H and O–H groups in total. The number of benzene rings is 7. The molecule has 73 heavy (non-hydrogen) atoms. The Kier molecular flexibility index (Phi) is 14.0. The maximum atomic E-state index is 15.2. The highest BCUT2D eigenvalue weighted by Gasteiger charge is 2.54. The number of hydrogen-bond acceptors (Lipinski definition) is 7. The standard InChI is InChI=1S/C51H31F14NO6S/c1-25-37(52)41(56)46(42(57)38(25)53)73(67,68)47-43(58)39(54)45(40(55)44(47)59)72-33-22-14-29(15-23-33)49(3,51(63,64)65)28-12-20-32(21-13-28)71-36-7-5-6-35(34(36)24-66)70-31-18-10-27(11-19-31)48(2,50(60,61)62)26-8-16-30(69-4)17-9-26/h5-23H,1-4H3. The Balaban J connectivity index is 1.11. The van der Waals surface area contributed by atoms with Crippen LogP contribution in [0.3, 0.4) is 0 Å². The summed E-state index contributed by atoms with van der Waals surface area (Å²) in [6.07, 6.45) is -9.83. The van der Waals surface area contributed by atoms with Gasteiger partial charge < -0.3 is 18.9 Å². The van der Waals surface area contributed by atoms with E-state index in [0.717, 1.165) is 50.2 Å².